The first-order chi connectivity index (χ1) is 9.82. The molecule has 1 heterocycles. The van der Waals surface area contributed by atoms with Crippen LogP contribution in [0.3, 0.4) is 0 Å². The topological polar surface area (TPSA) is 61.8 Å². The molecular formula is C14H26O5Si2. The van der Waals surface area contributed by atoms with E-state index in [-0.39, 0.29) is 5.73 Å². The highest BCUT2D eigenvalue weighted by Crippen LogP contribution is 2.15. The molecule has 1 aliphatic heterocycles. The minimum absolute atomic E-state index is 0.0401. The molecule has 2 atom stereocenters. The van der Waals surface area contributed by atoms with Gasteiger partial charge in [0.15, 0.2) is 0 Å². The quantitative estimate of drug-likeness (QED) is 0.425. The standard InChI is InChI=1S/C14H26O5Si2/c1-5-14(21(2,3)4)18-12(15)8-9-13(16)19-20-11-7-6-10-17-20/h8-9,14,20H,5-7,10-11H2,1-4H3. The lowest BCUT2D eigenvalue weighted by Crippen LogP contribution is -2.41. The van der Waals surface area contributed by atoms with Gasteiger partial charge in [0.25, 0.3) is 0 Å². The van der Waals surface area contributed by atoms with Crippen LogP contribution in [0.5, 0.6) is 0 Å². The molecule has 1 fully saturated rings. The van der Waals surface area contributed by atoms with Crippen LogP contribution in [0.1, 0.15) is 26.2 Å². The highest BCUT2D eigenvalue weighted by Gasteiger charge is 2.28. The number of carbonyl (C=O) groups excluding carboxylic acids is 2. The summed E-state index contributed by atoms with van der Waals surface area (Å²) in [4.78, 5) is 23.4. The summed E-state index contributed by atoms with van der Waals surface area (Å²) >= 11 is 0. The normalized spacial score (nSPS) is 21.0. The number of esters is 1. The Hall–Kier alpha value is -0.926. The van der Waals surface area contributed by atoms with Gasteiger partial charge in [-0.2, -0.15) is 0 Å². The number of rotatable bonds is 6. The lowest BCUT2D eigenvalue weighted by atomic mass is 10.4. The molecular weight excluding hydrogens is 304 g/mol. The van der Waals surface area contributed by atoms with Crippen LogP contribution >= 0.6 is 0 Å². The van der Waals surface area contributed by atoms with Gasteiger partial charge in [-0.25, -0.2) is 9.59 Å². The molecule has 21 heavy (non-hydrogen) atoms. The van der Waals surface area contributed by atoms with Crippen LogP contribution in [0, 0.1) is 0 Å². The van der Waals surface area contributed by atoms with Crippen molar-refractivity contribution >= 4 is 29.3 Å². The van der Waals surface area contributed by atoms with E-state index in [0.717, 1.165) is 37.5 Å². The van der Waals surface area contributed by atoms with E-state index in [1.807, 2.05) is 6.92 Å². The van der Waals surface area contributed by atoms with E-state index in [1.165, 1.54) is 0 Å². The van der Waals surface area contributed by atoms with E-state index in [9.17, 15) is 9.59 Å². The average Bonchev–Trinajstić information content (AvgIpc) is 2.42. The third-order valence-corrected chi connectivity index (χ3v) is 7.78. The zero-order chi connectivity index (χ0) is 15.9. The van der Waals surface area contributed by atoms with Crippen molar-refractivity contribution in [2.24, 2.45) is 0 Å². The Morgan fingerprint density at radius 3 is 2.43 bits per heavy atom. The summed E-state index contributed by atoms with van der Waals surface area (Å²) in [5.74, 6) is -0.987. The van der Waals surface area contributed by atoms with Crippen molar-refractivity contribution in [1.29, 1.82) is 0 Å². The predicted molar refractivity (Wildman–Crippen MR) is 85.9 cm³/mol. The molecule has 1 rings (SSSR count). The Labute approximate surface area is 129 Å². The van der Waals surface area contributed by atoms with Gasteiger partial charge in [-0.3, -0.25) is 0 Å². The highest BCUT2D eigenvalue weighted by atomic mass is 28.3. The SMILES string of the molecule is CCC(OC(=O)C=CC(=O)O[SiH]1CCCCO1)[Si](C)(C)C. The van der Waals surface area contributed by atoms with Crippen molar-refractivity contribution in [3.63, 3.8) is 0 Å². The van der Waals surface area contributed by atoms with Gasteiger partial charge in [-0.05, 0) is 25.3 Å². The maximum atomic E-state index is 11.7. The van der Waals surface area contributed by atoms with Crippen molar-refractivity contribution in [3.8, 4) is 0 Å². The fourth-order valence-corrected chi connectivity index (χ4v) is 5.60. The van der Waals surface area contributed by atoms with Crippen LogP contribution in [0.2, 0.25) is 25.7 Å². The molecule has 0 aliphatic carbocycles. The Kier molecular flexibility index (Phi) is 7.34. The van der Waals surface area contributed by atoms with Crippen molar-refractivity contribution in [2.45, 2.75) is 57.6 Å². The Morgan fingerprint density at radius 2 is 1.90 bits per heavy atom. The van der Waals surface area contributed by atoms with Crippen molar-refractivity contribution < 1.29 is 23.2 Å². The van der Waals surface area contributed by atoms with Gasteiger partial charge in [-0.1, -0.05) is 26.6 Å². The van der Waals surface area contributed by atoms with E-state index in [1.54, 1.807) is 0 Å². The first-order valence-electron chi connectivity index (χ1n) is 7.54. The molecule has 0 aromatic heterocycles. The number of ether oxygens (including phenoxy) is 1. The average molecular weight is 331 g/mol. The van der Waals surface area contributed by atoms with E-state index in [2.05, 4.69) is 19.6 Å². The summed E-state index contributed by atoms with van der Waals surface area (Å²) in [6.45, 7) is 9.12. The fraction of sp³-hybridized carbons (Fsp3) is 0.714. The first-order valence-corrected chi connectivity index (χ1v) is 12.9. The number of carbonyl (C=O) groups is 2. The second kappa shape index (κ2) is 8.50. The molecule has 0 spiro atoms. The molecule has 7 heteroatoms. The maximum absolute atomic E-state index is 11.7. The summed E-state index contributed by atoms with van der Waals surface area (Å²) in [7, 11) is -3.40. The van der Waals surface area contributed by atoms with Crippen LogP contribution in [0.25, 0.3) is 0 Å². The van der Waals surface area contributed by atoms with Crippen LogP contribution in [-0.4, -0.2) is 41.6 Å². The van der Waals surface area contributed by atoms with Crippen LogP contribution < -0.4 is 0 Å². The molecule has 1 aliphatic rings. The summed E-state index contributed by atoms with van der Waals surface area (Å²) < 4.78 is 16.1. The van der Waals surface area contributed by atoms with Gasteiger partial charge < -0.3 is 13.6 Å². The molecule has 0 bridgehead atoms. The molecule has 0 amide bonds. The minimum Gasteiger partial charge on any atom is -0.493 e. The van der Waals surface area contributed by atoms with Gasteiger partial charge in [0.05, 0.1) is 13.8 Å². The largest absolute Gasteiger partial charge is 0.493 e. The Balaban J connectivity index is 2.40. The molecule has 0 N–H and O–H groups in total. The zero-order valence-corrected chi connectivity index (χ0v) is 15.5. The van der Waals surface area contributed by atoms with Crippen LogP contribution in [0.15, 0.2) is 12.2 Å². The summed E-state index contributed by atoms with van der Waals surface area (Å²) in [6.07, 6.45) is 5.16. The number of hydrogen-bond acceptors (Lipinski definition) is 5. The summed E-state index contributed by atoms with van der Waals surface area (Å²) in [5, 5.41) is 0. The first kappa shape index (κ1) is 18.1. The Morgan fingerprint density at radius 1 is 1.24 bits per heavy atom. The van der Waals surface area contributed by atoms with Gasteiger partial charge in [0.2, 0.25) is 0 Å². The van der Waals surface area contributed by atoms with Crippen molar-refractivity contribution in [3.05, 3.63) is 12.2 Å². The van der Waals surface area contributed by atoms with E-state index >= 15 is 0 Å². The van der Waals surface area contributed by atoms with E-state index in [0.29, 0.717) is 6.61 Å². The molecule has 5 nitrogen and oxygen atoms in total. The van der Waals surface area contributed by atoms with Crippen LogP contribution in [0.4, 0.5) is 0 Å². The van der Waals surface area contributed by atoms with Crippen molar-refractivity contribution in [2.75, 3.05) is 6.61 Å². The second-order valence-corrected chi connectivity index (χ2v) is 13.6. The van der Waals surface area contributed by atoms with E-state index < -0.39 is 29.3 Å². The zero-order valence-electron chi connectivity index (χ0n) is 13.4. The molecule has 2 unspecified atom stereocenters. The fourth-order valence-electron chi connectivity index (χ4n) is 2.16. The van der Waals surface area contributed by atoms with Gasteiger partial charge in [-0.15, -0.1) is 0 Å². The van der Waals surface area contributed by atoms with Crippen LogP contribution in [-0.2, 0) is 23.2 Å². The molecule has 120 valence electrons. The molecule has 0 aromatic carbocycles. The third kappa shape index (κ3) is 7.05. The van der Waals surface area contributed by atoms with Gasteiger partial charge in [0, 0.05) is 18.8 Å². The van der Waals surface area contributed by atoms with E-state index in [4.69, 9.17) is 13.6 Å². The predicted octanol–water partition coefficient (Wildman–Crippen LogP) is 2.32. The van der Waals surface area contributed by atoms with Gasteiger partial charge >= 0.3 is 21.2 Å². The molecule has 0 radical (unpaired) electrons. The monoisotopic (exact) mass is 330 g/mol. The molecule has 1 saturated heterocycles. The smallest absolute Gasteiger partial charge is 0.385 e. The third-order valence-electron chi connectivity index (χ3n) is 3.34. The minimum atomic E-state index is -1.86. The van der Waals surface area contributed by atoms with Crippen molar-refractivity contribution in [1.82, 2.24) is 0 Å². The summed E-state index contributed by atoms with van der Waals surface area (Å²) in [6, 6.07) is 0.845. The lowest BCUT2D eigenvalue weighted by molar-refractivity contribution is -0.140. The molecule has 0 aromatic rings. The summed E-state index contributed by atoms with van der Waals surface area (Å²) in [5.41, 5.74) is -0.0401. The maximum Gasteiger partial charge on any atom is 0.385 e. The Bertz CT molecular complexity index is 383. The lowest BCUT2D eigenvalue weighted by Gasteiger charge is -2.27. The second-order valence-electron chi connectivity index (χ2n) is 6.27. The highest BCUT2D eigenvalue weighted by molar-refractivity contribution is 6.77. The molecule has 0 saturated carbocycles. The van der Waals surface area contributed by atoms with Gasteiger partial charge in [0.1, 0.15) is 0 Å². The number of hydrogen-bond donors (Lipinski definition) is 0.